The van der Waals surface area contributed by atoms with Crippen LogP contribution >= 0.6 is 12.2 Å². The Bertz CT molecular complexity index is 752. The van der Waals surface area contributed by atoms with Gasteiger partial charge in [0, 0.05) is 0 Å². The molecule has 1 saturated heterocycles. The number of aromatic nitrogens is 4. The van der Waals surface area contributed by atoms with Crippen molar-refractivity contribution in [3.05, 3.63) is 21.5 Å². The molecule has 2 aromatic heterocycles. The summed E-state index contributed by atoms with van der Waals surface area (Å²) in [7, 11) is 0. The van der Waals surface area contributed by atoms with Crippen LogP contribution in [0.2, 0.25) is 0 Å². The summed E-state index contributed by atoms with van der Waals surface area (Å²) < 4.78 is 6.82. The standard InChI is InChI=1S/C10H12N4O5S/c15-1-3-5(16)6(17)9(19-3)14-7-4(13-10(14)20)8(18)12-2-11-7/h2-3,5-6,9,15-17H,1H2,(H,13,20)(H,11,12,18)/t3-,5-,6-,9?/m1/s1. The maximum absolute atomic E-state index is 11.6. The van der Waals surface area contributed by atoms with E-state index in [9.17, 15) is 15.0 Å². The van der Waals surface area contributed by atoms with Gasteiger partial charge in [0.2, 0.25) is 0 Å². The molecule has 2 aromatic rings. The predicted octanol–water partition coefficient (Wildman–Crippen LogP) is -1.61. The van der Waals surface area contributed by atoms with Crippen LogP contribution in [-0.4, -0.2) is 59.8 Å². The first-order valence-electron chi connectivity index (χ1n) is 5.85. The summed E-state index contributed by atoms with van der Waals surface area (Å²) in [5.74, 6) is 0. The Morgan fingerprint density at radius 3 is 2.85 bits per heavy atom. The summed E-state index contributed by atoms with van der Waals surface area (Å²) in [4.78, 5) is 20.7. The summed E-state index contributed by atoms with van der Waals surface area (Å²) in [5, 5.41) is 28.9. The Morgan fingerprint density at radius 1 is 1.45 bits per heavy atom. The monoisotopic (exact) mass is 300 g/mol. The van der Waals surface area contributed by atoms with Crippen LogP contribution in [0.1, 0.15) is 6.23 Å². The first kappa shape index (κ1) is 13.4. The lowest BCUT2D eigenvalue weighted by molar-refractivity contribution is -0.0517. The molecule has 0 bridgehead atoms. The Balaban J connectivity index is 2.16. The molecule has 1 aliphatic rings. The number of aliphatic hydroxyl groups excluding tert-OH is 3. The topological polar surface area (TPSA) is 136 Å². The van der Waals surface area contributed by atoms with Crippen LogP contribution < -0.4 is 5.56 Å². The molecular weight excluding hydrogens is 288 g/mol. The van der Waals surface area contributed by atoms with Gasteiger partial charge < -0.3 is 30.0 Å². The van der Waals surface area contributed by atoms with E-state index in [-0.39, 0.29) is 15.9 Å². The summed E-state index contributed by atoms with van der Waals surface area (Å²) in [6, 6.07) is 0. The first-order valence-corrected chi connectivity index (χ1v) is 6.25. The average Bonchev–Trinajstić information content (AvgIpc) is 2.90. The fraction of sp³-hybridized carbons (Fsp3) is 0.500. The molecule has 0 saturated carbocycles. The largest absolute Gasteiger partial charge is 0.394 e. The number of nitrogens with one attached hydrogen (secondary N) is 2. The van der Waals surface area contributed by atoms with Gasteiger partial charge in [-0.3, -0.25) is 9.36 Å². The second kappa shape index (κ2) is 4.75. The lowest BCUT2D eigenvalue weighted by atomic mass is 10.1. The van der Waals surface area contributed by atoms with Crippen molar-refractivity contribution in [1.29, 1.82) is 0 Å². The maximum Gasteiger partial charge on any atom is 0.276 e. The smallest absolute Gasteiger partial charge is 0.276 e. The van der Waals surface area contributed by atoms with E-state index in [0.29, 0.717) is 0 Å². The number of hydrogen-bond acceptors (Lipinski definition) is 7. The van der Waals surface area contributed by atoms with Crippen LogP contribution in [0.15, 0.2) is 11.1 Å². The quantitative estimate of drug-likeness (QED) is 0.421. The van der Waals surface area contributed by atoms with E-state index in [1.807, 2.05) is 0 Å². The molecule has 0 spiro atoms. The van der Waals surface area contributed by atoms with E-state index in [1.54, 1.807) is 0 Å². The Morgan fingerprint density at radius 2 is 2.20 bits per heavy atom. The van der Waals surface area contributed by atoms with Crippen LogP contribution in [0.4, 0.5) is 0 Å². The van der Waals surface area contributed by atoms with E-state index in [4.69, 9.17) is 22.1 Å². The molecule has 1 aliphatic heterocycles. The number of aromatic amines is 2. The molecule has 0 amide bonds. The third-order valence-corrected chi connectivity index (χ3v) is 3.58. The normalized spacial score (nSPS) is 30.1. The minimum Gasteiger partial charge on any atom is -0.394 e. The number of nitrogens with zero attached hydrogens (tertiary/aromatic N) is 2. The molecule has 5 N–H and O–H groups in total. The highest BCUT2D eigenvalue weighted by molar-refractivity contribution is 7.71. The molecule has 0 aromatic carbocycles. The number of fused-ring (bicyclic) bond motifs is 1. The second-order valence-corrected chi connectivity index (χ2v) is 4.85. The summed E-state index contributed by atoms with van der Waals surface area (Å²) >= 11 is 5.10. The summed E-state index contributed by atoms with van der Waals surface area (Å²) in [5.41, 5.74) is -0.0598. The van der Waals surface area contributed by atoms with Crippen molar-refractivity contribution < 1.29 is 20.1 Å². The first-order chi connectivity index (χ1) is 9.54. The molecule has 0 aliphatic carbocycles. The van der Waals surface area contributed by atoms with Gasteiger partial charge in [0.25, 0.3) is 5.56 Å². The van der Waals surface area contributed by atoms with Crippen LogP contribution in [0.3, 0.4) is 0 Å². The van der Waals surface area contributed by atoms with Gasteiger partial charge in [-0.1, -0.05) is 0 Å². The Kier molecular flexibility index (Phi) is 3.18. The minimum absolute atomic E-state index is 0.124. The molecule has 1 fully saturated rings. The molecule has 10 heteroatoms. The van der Waals surface area contributed by atoms with Crippen molar-refractivity contribution in [2.45, 2.75) is 24.5 Å². The number of H-pyrrole nitrogens is 2. The van der Waals surface area contributed by atoms with E-state index < -0.39 is 36.7 Å². The second-order valence-electron chi connectivity index (χ2n) is 4.46. The highest BCUT2D eigenvalue weighted by Crippen LogP contribution is 2.31. The van der Waals surface area contributed by atoms with Gasteiger partial charge in [-0.2, -0.15) is 0 Å². The lowest BCUT2D eigenvalue weighted by Crippen LogP contribution is -2.33. The molecule has 9 nitrogen and oxygen atoms in total. The third-order valence-electron chi connectivity index (χ3n) is 3.28. The highest BCUT2D eigenvalue weighted by atomic mass is 32.1. The molecule has 20 heavy (non-hydrogen) atoms. The van der Waals surface area contributed by atoms with Gasteiger partial charge in [0.1, 0.15) is 18.3 Å². The van der Waals surface area contributed by atoms with Crippen LogP contribution in [-0.2, 0) is 4.74 Å². The highest BCUT2D eigenvalue weighted by Gasteiger charge is 2.44. The van der Waals surface area contributed by atoms with Gasteiger partial charge in [-0.25, -0.2) is 4.98 Å². The Hall–Kier alpha value is -1.59. The zero-order chi connectivity index (χ0) is 14.4. The average molecular weight is 300 g/mol. The fourth-order valence-corrected chi connectivity index (χ4v) is 2.57. The maximum atomic E-state index is 11.6. The van der Waals surface area contributed by atoms with Gasteiger partial charge in [0.05, 0.1) is 12.9 Å². The van der Waals surface area contributed by atoms with E-state index in [2.05, 4.69) is 15.0 Å². The molecular formula is C10H12N4O5S. The van der Waals surface area contributed by atoms with Crippen LogP contribution in [0, 0.1) is 4.77 Å². The summed E-state index contributed by atoms with van der Waals surface area (Å²) in [6.45, 7) is -0.446. The molecule has 0 radical (unpaired) electrons. The molecule has 3 rings (SSSR count). The van der Waals surface area contributed by atoms with E-state index in [1.165, 1.54) is 10.9 Å². The van der Waals surface area contributed by atoms with Crippen molar-refractivity contribution in [2.24, 2.45) is 0 Å². The van der Waals surface area contributed by atoms with E-state index in [0.717, 1.165) is 0 Å². The van der Waals surface area contributed by atoms with Gasteiger partial charge in [-0.15, -0.1) is 0 Å². The van der Waals surface area contributed by atoms with Crippen LogP contribution in [0.5, 0.6) is 0 Å². The van der Waals surface area contributed by atoms with Gasteiger partial charge >= 0.3 is 0 Å². The molecule has 1 unspecified atom stereocenters. The van der Waals surface area contributed by atoms with Crippen LogP contribution in [0.25, 0.3) is 11.2 Å². The zero-order valence-electron chi connectivity index (χ0n) is 10.1. The van der Waals surface area contributed by atoms with Crippen molar-refractivity contribution >= 4 is 23.4 Å². The van der Waals surface area contributed by atoms with Crippen molar-refractivity contribution in [3.8, 4) is 0 Å². The number of imidazole rings is 1. The number of rotatable bonds is 2. The molecule has 3 heterocycles. The molecule has 108 valence electrons. The lowest BCUT2D eigenvalue weighted by Gasteiger charge is -2.16. The minimum atomic E-state index is -1.29. The van der Waals surface area contributed by atoms with Crippen molar-refractivity contribution in [2.75, 3.05) is 6.61 Å². The molecule has 4 atom stereocenters. The zero-order valence-corrected chi connectivity index (χ0v) is 10.9. The predicted molar refractivity (Wildman–Crippen MR) is 68.5 cm³/mol. The van der Waals surface area contributed by atoms with Gasteiger partial charge in [-0.05, 0) is 12.2 Å². The SMILES string of the molecule is O=c1[nH]cnc2c1[nH]c(=S)n2C1O[C@H](CO)[C@@H](O)[C@H]1O. The number of hydrogen-bond donors (Lipinski definition) is 5. The van der Waals surface area contributed by atoms with Gasteiger partial charge in [0.15, 0.2) is 22.2 Å². The number of ether oxygens (including phenoxy) is 1. The fourth-order valence-electron chi connectivity index (χ4n) is 2.28. The number of aliphatic hydroxyl groups is 3. The van der Waals surface area contributed by atoms with Crippen molar-refractivity contribution in [1.82, 2.24) is 19.5 Å². The van der Waals surface area contributed by atoms with E-state index >= 15 is 0 Å². The van der Waals surface area contributed by atoms with Crippen molar-refractivity contribution in [3.63, 3.8) is 0 Å². The Labute approximate surface area is 116 Å². The third kappa shape index (κ3) is 1.81. The summed E-state index contributed by atoms with van der Waals surface area (Å²) in [6.07, 6.45) is -3.30.